The number of rotatable bonds is 7. The van der Waals surface area contributed by atoms with Crippen molar-refractivity contribution in [3.05, 3.63) is 70.9 Å². The number of ether oxygens (including phenoxy) is 2. The number of aromatic nitrogens is 1. The molecule has 0 atom stereocenters. The lowest BCUT2D eigenvalue weighted by Crippen LogP contribution is -2.32. The van der Waals surface area contributed by atoms with E-state index in [0.29, 0.717) is 29.4 Å². The molecular weight excluding hydrogens is 430 g/mol. The molecule has 2 aromatic carbocycles. The lowest BCUT2D eigenvalue weighted by Gasteiger charge is -2.16. The van der Waals surface area contributed by atoms with Gasteiger partial charge in [0.2, 0.25) is 0 Å². The molecule has 1 amide bonds. The zero-order valence-corrected chi connectivity index (χ0v) is 19.2. The topological polar surface area (TPSA) is 92.5 Å². The van der Waals surface area contributed by atoms with Crippen LogP contribution in [0, 0.1) is 11.3 Å². The van der Waals surface area contributed by atoms with E-state index in [1.54, 1.807) is 14.2 Å². The number of methoxy groups -OCH3 is 1. The third kappa shape index (κ3) is 4.76. The number of para-hydroxylation sites is 1. The molecule has 1 aliphatic rings. The molecule has 1 aromatic heterocycles. The van der Waals surface area contributed by atoms with Crippen molar-refractivity contribution in [2.45, 2.75) is 19.3 Å². The number of hydrogen-bond donors (Lipinski definition) is 0. The standard InChI is InChI=1S/C27H25N3O4/c1-30(15-5-14-28)24(31)17-34-27(32)25-21-6-3-4-7-23(21)29-26-19(10-13-22(25)26)16-18-8-11-20(33-2)12-9-18/h3-4,6-9,11-12,16H,5,10,13,15,17H2,1-2H3/b19-16+. The highest BCUT2D eigenvalue weighted by molar-refractivity contribution is 6.07. The minimum atomic E-state index is -0.539. The first-order valence-electron chi connectivity index (χ1n) is 11.1. The maximum Gasteiger partial charge on any atom is 0.339 e. The molecule has 0 saturated carbocycles. The third-order valence-corrected chi connectivity index (χ3v) is 5.91. The van der Waals surface area contributed by atoms with E-state index in [-0.39, 0.29) is 18.9 Å². The third-order valence-electron chi connectivity index (χ3n) is 5.91. The molecule has 0 aliphatic heterocycles. The van der Waals surface area contributed by atoms with E-state index in [2.05, 4.69) is 6.08 Å². The molecule has 0 fully saturated rings. The minimum Gasteiger partial charge on any atom is -0.497 e. The molecule has 0 N–H and O–H groups in total. The summed E-state index contributed by atoms with van der Waals surface area (Å²) in [6, 6.07) is 17.2. The van der Waals surface area contributed by atoms with Gasteiger partial charge in [-0.25, -0.2) is 9.78 Å². The molecule has 7 nitrogen and oxygen atoms in total. The van der Waals surface area contributed by atoms with E-state index in [0.717, 1.165) is 34.6 Å². The van der Waals surface area contributed by atoms with Crippen molar-refractivity contribution in [3.63, 3.8) is 0 Å². The summed E-state index contributed by atoms with van der Waals surface area (Å²) in [6.45, 7) is -0.0826. The smallest absolute Gasteiger partial charge is 0.339 e. The summed E-state index contributed by atoms with van der Waals surface area (Å²) < 4.78 is 10.7. The maximum absolute atomic E-state index is 13.2. The first-order chi connectivity index (χ1) is 16.5. The molecule has 7 heteroatoms. The summed E-state index contributed by atoms with van der Waals surface area (Å²) >= 11 is 0. The molecule has 3 aromatic rings. The number of likely N-dealkylation sites (N-methyl/N-ethyl adjacent to an activating group) is 1. The molecule has 0 unspecified atom stereocenters. The molecule has 0 radical (unpaired) electrons. The van der Waals surface area contributed by atoms with Crippen molar-refractivity contribution >= 4 is 34.4 Å². The number of amides is 1. The maximum atomic E-state index is 13.2. The second-order valence-corrected chi connectivity index (χ2v) is 8.07. The molecule has 0 saturated heterocycles. The van der Waals surface area contributed by atoms with Gasteiger partial charge >= 0.3 is 5.97 Å². The number of nitriles is 1. The molecule has 0 spiro atoms. The number of carbonyl (C=O) groups is 2. The highest BCUT2D eigenvalue weighted by Gasteiger charge is 2.28. The van der Waals surface area contributed by atoms with E-state index in [4.69, 9.17) is 19.7 Å². The Hall–Kier alpha value is -4.18. The van der Waals surface area contributed by atoms with Crippen LogP contribution in [0.4, 0.5) is 0 Å². The van der Waals surface area contributed by atoms with Crippen molar-refractivity contribution in [1.82, 2.24) is 9.88 Å². The Morgan fingerprint density at radius 3 is 2.65 bits per heavy atom. The number of benzene rings is 2. The number of hydrogen-bond acceptors (Lipinski definition) is 6. The highest BCUT2D eigenvalue weighted by Crippen LogP contribution is 2.38. The van der Waals surface area contributed by atoms with Gasteiger partial charge in [-0.05, 0) is 53.8 Å². The fraction of sp³-hybridized carbons (Fsp3) is 0.259. The zero-order chi connectivity index (χ0) is 24.1. The van der Waals surface area contributed by atoms with Crippen molar-refractivity contribution in [2.24, 2.45) is 0 Å². The Morgan fingerprint density at radius 2 is 1.91 bits per heavy atom. The van der Waals surface area contributed by atoms with E-state index >= 15 is 0 Å². The fourth-order valence-corrected chi connectivity index (χ4v) is 4.07. The minimum absolute atomic E-state index is 0.224. The first-order valence-corrected chi connectivity index (χ1v) is 11.1. The van der Waals surface area contributed by atoms with Crippen molar-refractivity contribution in [3.8, 4) is 11.8 Å². The Kier molecular flexibility index (Phi) is 6.88. The average Bonchev–Trinajstić information content (AvgIpc) is 3.26. The number of allylic oxidation sites excluding steroid dienone is 1. The summed E-state index contributed by atoms with van der Waals surface area (Å²) in [6.07, 6.45) is 3.72. The van der Waals surface area contributed by atoms with E-state index < -0.39 is 5.97 Å². The molecule has 1 aliphatic carbocycles. The van der Waals surface area contributed by atoms with Gasteiger partial charge in [0.25, 0.3) is 5.91 Å². The molecule has 34 heavy (non-hydrogen) atoms. The van der Waals surface area contributed by atoms with Gasteiger partial charge in [0, 0.05) is 19.0 Å². The second-order valence-electron chi connectivity index (χ2n) is 8.07. The molecule has 1 heterocycles. The predicted molar refractivity (Wildman–Crippen MR) is 129 cm³/mol. The van der Waals surface area contributed by atoms with Crippen LogP contribution in [-0.4, -0.2) is 49.1 Å². The van der Waals surface area contributed by atoms with Crippen LogP contribution < -0.4 is 4.74 Å². The SMILES string of the molecule is COc1ccc(/C=C2\CCc3c2nc2ccccc2c3C(=O)OCC(=O)N(C)CCC#N)cc1. The Bertz CT molecular complexity index is 1310. The van der Waals surface area contributed by atoms with Gasteiger partial charge < -0.3 is 14.4 Å². The second kappa shape index (κ2) is 10.2. The molecule has 0 bridgehead atoms. The van der Waals surface area contributed by atoms with Gasteiger partial charge in [0.05, 0.1) is 36.4 Å². The van der Waals surface area contributed by atoms with E-state index in [1.165, 1.54) is 4.90 Å². The van der Waals surface area contributed by atoms with Crippen LogP contribution in [0.3, 0.4) is 0 Å². The van der Waals surface area contributed by atoms with E-state index in [9.17, 15) is 9.59 Å². The van der Waals surface area contributed by atoms with Gasteiger partial charge in [-0.1, -0.05) is 30.3 Å². The number of carbonyl (C=O) groups excluding carboxylic acids is 2. The summed E-state index contributed by atoms with van der Waals surface area (Å²) in [7, 11) is 3.22. The van der Waals surface area contributed by atoms with Crippen LogP contribution in [-0.2, 0) is 16.0 Å². The number of fused-ring (bicyclic) bond motifs is 2. The Morgan fingerprint density at radius 1 is 1.15 bits per heavy atom. The normalized spacial score (nSPS) is 13.4. The van der Waals surface area contributed by atoms with Crippen LogP contribution in [0.1, 0.15) is 40.0 Å². The van der Waals surface area contributed by atoms with Crippen LogP contribution >= 0.6 is 0 Å². The van der Waals surface area contributed by atoms with Crippen molar-refractivity contribution < 1.29 is 19.1 Å². The van der Waals surface area contributed by atoms with Crippen molar-refractivity contribution in [2.75, 3.05) is 27.3 Å². The van der Waals surface area contributed by atoms with Gasteiger partial charge in [-0.15, -0.1) is 0 Å². The first kappa shape index (κ1) is 23.0. The summed E-state index contributed by atoms with van der Waals surface area (Å²) in [5.74, 6) is -0.0998. The van der Waals surface area contributed by atoms with Crippen molar-refractivity contribution in [1.29, 1.82) is 5.26 Å². The summed E-state index contributed by atoms with van der Waals surface area (Å²) in [4.78, 5) is 31.7. The Labute approximate surface area is 198 Å². The average molecular weight is 456 g/mol. The zero-order valence-electron chi connectivity index (χ0n) is 19.2. The quantitative estimate of drug-likeness (QED) is 0.494. The van der Waals surface area contributed by atoms with Crippen LogP contribution in [0.2, 0.25) is 0 Å². The van der Waals surface area contributed by atoms with Gasteiger partial charge in [0.15, 0.2) is 6.61 Å². The number of nitrogens with zero attached hydrogens (tertiary/aromatic N) is 3. The summed E-state index contributed by atoms with van der Waals surface area (Å²) in [5, 5.41) is 9.41. The number of esters is 1. The van der Waals surface area contributed by atoms with Crippen LogP contribution in [0.25, 0.3) is 22.6 Å². The monoisotopic (exact) mass is 455 g/mol. The van der Waals surface area contributed by atoms with Gasteiger partial charge in [-0.3, -0.25) is 4.79 Å². The lowest BCUT2D eigenvalue weighted by molar-refractivity contribution is -0.133. The summed E-state index contributed by atoms with van der Waals surface area (Å²) in [5.41, 5.74) is 4.87. The van der Waals surface area contributed by atoms with Crippen LogP contribution in [0.15, 0.2) is 48.5 Å². The molecule has 172 valence electrons. The van der Waals surface area contributed by atoms with Gasteiger partial charge in [-0.2, -0.15) is 5.26 Å². The molecule has 4 rings (SSSR count). The lowest BCUT2D eigenvalue weighted by atomic mass is 10.0. The molecular formula is C27H25N3O4. The fourth-order valence-electron chi connectivity index (χ4n) is 4.07. The number of pyridine rings is 1. The Balaban J connectivity index is 1.65. The highest BCUT2D eigenvalue weighted by atomic mass is 16.5. The largest absolute Gasteiger partial charge is 0.497 e. The van der Waals surface area contributed by atoms with Crippen LogP contribution in [0.5, 0.6) is 5.75 Å². The van der Waals surface area contributed by atoms with E-state index in [1.807, 2.05) is 54.6 Å². The van der Waals surface area contributed by atoms with Gasteiger partial charge in [0.1, 0.15) is 5.75 Å². The predicted octanol–water partition coefficient (Wildman–Crippen LogP) is 4.26.